The minimum atomic E-state index is -0.0875. The number of aromatic amines is 1. The van der Waals surface area contributed by atoms with E-state index in [9.17, 15) is 10.2 Å². The van der Waals surface area contributed by atoms with Gasteiger partial charge < -0.3 is 14.9 Å². The van der Waals surface area contributed by atoms with E-state index in [0.717, 1.165) is 0 Å². The Morgan fingerprint density at radius 3 is 2.54 bits per heavy atom. The van der Waals surface area contributed by atoms with E-state index >= 15 is 0 Å². The molecule has 0 atom stereocenters. The average Bonchev–Trinajstić information content (AvgIpc) is 2.99. The second kappa shape index (κ2) is 7.85. The first-order valence-corrected chi connectivity index (χ1v) is 9.11. The minimum absolute atomic E-state index is 0.0267. The van der Waals surface area contributed by atoms with Crippen LogP contribution in [0.5, 0.6) is 17.2 Å². The summed E-state index contributed by atoms with van der Waals surface area (Å²) in [5, 5.41) is 30.3. The molecule has 0 aliphatic heterocycles. The SMILES string of the molecule is CC(C)(C)c1ccc(OCc2n[nH]c(=S)n2/N=C/c2ccc(O)cc2O)cc1. The first-order chi connectivity index (χ1) is 13.2. The van der Waals surface area contributed by atoms with Crippen molar-refractivity contribution in [2.75, 3.05) is 0 Å². The molecule has 0 radical (unpaired) electrons. The maximum absolute atomic E-state index is 9.86. The van der Waals surface area contributed by atoms with E-state index in [4.69, 9.17) is 17.0 Å². The van der Waals surface area contributed by atoms with Crippen LogP contribution in [0, 0.1) is 4.77 Å². The Balaban J connectivity index is 1.74. The fourth-order valence-corrected chi connectivity index (χ4v) is 2.70. The molecule has 0 bridgehead atoms. The van der Waals surface area contributed by atoms with Gasteiger partial charge in [0.1, 0.15) is 23.9 Å². The highest BCUT2D eigenvalue weighted by Crippen LogP contribution is 2.24. The van der Waals surface area contributed by atoms with Crippen molar-refractivity contribution in [1.82, 2.24) is 14.9 Å². The van der Waals surface area contributed by atoms with Crippen LogP contribution in [0.15, 0.2) is 47.6 Å². The van der Waals surface area contributed by atoms with E-state index in [-0.39, 0.29) is 23.5 Å². The zero-order valence-electron chi connectivity index (χ0n) is 15.9. The van der Waals surface area contributed by atoms with Gasteiger partial charge >= 0.3 is 0 Å². The molecule has 0 amide bonds. The number of ether oxygens (including phenoxy) is 1. The number of aromatic nitrogens is 3. The molecule has 0 spiro atoms. The van der Waals surface area contributed by atoms with Crippen LogP contribution in [-0.4, -0.2) is 31.3 Å². The Morgan fingerprint density at radius 1 is 1.18 bits per heavy atom. The van der Waals surface area contributed by atoms with Gasteiger partial charge in [-0.25, -0.2) is 5.10 Å². The predicted molar refractivity (Wildman–Crippen MR) is 110 cm³/mol. The number of benzene rings is 2. The summed E-state index contributed by atoms with van der Waals surface area (Å²) in [6, 6.07) is 12.2. The van der Waals surface area contributed by atoms with Crippen LogP contribution >= 0.6 is 12.2 Å². The molecule has 146 valence electrons. The van der Waals surface area contributed by atoms with E-state index in [1.807, 2.05) is 24.3 Å². The number of rotatable bonds is 5. The van der Waals surface area contributed by atoms with E-state index in [1.165, 1.54) is 28.6 Å². The summed E-state index contributed by atoms with van der Waals surface area (Å²) in [5.41, 5.74) is 1.74. The molecule has 7 nitrogen and oxygen atoms in total. The number of H-pyrrole nitrogens is 1. The molecule has 1 aromatic heterocycles. The van der Waals surface area contributed by atoms with Crippen molar-refractivity contribution in [2.45, 2.75) is 32.8 Å². The number of phenols is 2. The molecule has 3 N–H and O–H groups in total. The van der Waals surface area contributed by atoms with Gasteiger partial charge in [0.05, 0.1) is 6.21 Å². The molecule has 0 aliphatic rings. The third-order valence-electron chi connectivity index (χ3n) is 4.13. The number of phenolic OH excluding ortho intramolecular Hbond substituents is 2. The van der Waals surface area contributed by atoms with Gasteiger partial charge in [0.15, 0.2) is 5.82 Å². The van der Waals surface area contributed by atoms with Gasteiger partial charge in [-0.2, -0.15) is 14.9 Å². The average molecular weight is 398 g/mol. The Labute approximate surface area is 167 Å². The van der Waals surface area contributed by atoms with Gasteiger partial charge in [0, 0.05) is 11.6 Å². The molecule has 0 unspecified atom stereocenters. The van der Waals surface area contributed by atoms with Crippen molar-refractivity contribution < 1.29 is 14.9 Å². The third kappa shape index (κ3) is 4.58. The van der Waals surface area contributed by atoms with Gasteiger partial charge in [-0.3, -0.25) is 0 Å². The number of hydrogen-bond donors (Lipinski definition) is 3. The molecule has 0 saturated carbocycles. The topological polar surface area (TPSA) is 95.7 Å². The lowest BCUT2D eigenvalue weighted by molar-refractivity contribution is 0.290. The number of aromatic hydroxyl groups is 2. The van der Waals surface area contributed by atoms with Gasteiger partial charge in [-0.1, -0.05) is 32.9 Å². The summed E-state index contributed by atoms with van der Waals surface area (Å²) in [7, 11) is 0. The minimum Gasteiger partial charge on any atom is -0.508 e. The summed E-state index contributed by atoms with van der Waals surface area (Å²) < 4.78 is 7.52. The fraction of sp³-hybridized carbons (Fsp3) is 0.250. The summed E-state index contributed by atoms with van der Waals surface area (Å²) in [6.45, 7) is 6.64. The fourth-order valence-electron chi connectivity index (χ4n) is 2.50. The van der Waals surface area contributed by atoms with Crippen molar-refractivity contribution in [3.05, 3.63) is 64.2 Å². The van der Waals surface area contributed by atoms with E-state index in [1.54, 1.807) is 6.07 Å². The first kappa shape index (κ1) is 19.6. The monoisotopic (exact) mass is 398 g/mol. The Morgan fingerprint density at radius 2 is 1.89 bits per heavy atom. The molecule has 0 aliphatic carbocycles. The lowest BCUT2D eigenvalue weighted by Gasteiger charge is -2.19. The van der Waals surface area contributed by atoms with Crippen molar-refractivity contribution in [3.8, 4) is 17.2 Å². The normalized spacial score (nSPS) is 11.8. The summed E-state index contributed by atoms with van der Waals surface area (Å²) in [6.07, 6.45) is 1.43. The predicted octanol–water partition coefficient (Wildman–Crippen LogP) is 4.11. The first-order valence-electron chi connectivity index (χ1n) is 8.70. The molecule has 0 saturated heterocycles. The van der Waals surface area contributed by atoms with Crippen LogP contribution in [0.4, 0.5) is 0 Å². The Bertz CT molecular complexity index is 1050. The molecule has 0 fully saturated rings. The second-order valence-corrected chi connectivity index (χ2v) is 7.69. The smallest absolute Gasteiger partial charge is 0.216 e. The molecule has 28 heavy (non-hydrogen) atoms. The maximum Gasteiger partial charge on any atom is 0.216 e. The summed E-state index contributed by atoms with van der Waals surface area (Å²) in [4.78, 5) is 0. The van der Waals surface area contributed by atoms with Crippen molar-refractivity contribution >= 4 is 18.4 Å². The number of nitrogens with one attached hydrogen (secondary N) is 1. The molecular formula is C20H22N4O3S. The highest BCUT2D eigenvalue weighted by Gasteiger charge is 2.13. The standard InChI is InChI=1S/C20H22N4O3S/c1-20(2,3)14-5-8-16(9-6-14)27-12-18-22-23-19(28)24(18)21-11-13-4-7-15(25)10-17(13)26/h4-11,25-26H,12H2,1-3H3,(H,23,28)/b21-11+. The van der Waals surface area contributed by atoms with E-state index < -0.39 is 0 Å². The zero-order valence-corrected chi connectivity index (χ0v) is 16.7. The molecule has 3 aromatic rings. The lowest BCUT2D eigenvalue weighted by Crippen LogP contribution is -2.10. The number of hydrogen-bond acceptors (Lipinski definition) is 6. The van der Waals surface area contributed by atoms with Gasteiger partial charge in [-0.15, -0.1) is 0 Å². The molecular weight excluding hydrogens is 376 g/mol. The van der Waals surface area contributed by atoms with Crippen molar-refractivity contribution in [1.29, 1.82) is 0 Å². The molecule has 8 heteroatoms. The summed E-state index contributed by atoms with van der Waals surface area (Å²) >= 11 is 5.20. The highest BCUT2D eigenvalue weighted by atomic mass is 32.1. The van der Waals surface area contributed by atoms with Crippen LogP contribution in [0.1, 0.15) is 37.7 Å². The second-order valence-electron chi connectivity index (χ2n) is 7.31. The number of nitrogens with zero attached hydrogens (tertiary/aromatic N) is 3. The lowest BCUT2D eigenvalue weighted by atomic mass is 9.87. The third-order valence-corrected chi connectivity index (χ3v) is 4.40. The largest absolute Gasteiger partial charge is 0.508 e. The van der Waals surface area contributed by atoms with Crippen LogP contribution in [0.2, 0.25) is 0 Å². The van der Waals surface area contributed by atoms with Gasteiger partial charge in [-0.05, 0) is 47.5 Å². The van der Waals surface area contributed by atoms with Gasteiger partial charge in [0.2, 0.25) is 4.77 Å². The van der Waals surface area contributed by atoms with Crippen LogP contribution in [0.3, 0.4) is 0 Å². The van der Waals surface area contributed by atoms with E-state index in [2.05, 4.69) is 36.1 Å². The van der Waals surface area contributed by atoms with Crippen LogP contribution in [0.25, 0.3) is 0 Å². The quantitative estimate of drug-likeness (QED) is 0.444. The summed E-state index contributed by atoms with van der Waals surface area (Å²) in [5.74, 6) is 1.09. The molecule has 3 rings (SSSR count). The van der Waals surface area contributed by atoms with Crippen LogP contribution in [-0.2, 0) is 12.0 Å². The highest BCUT2D eigenvalue weighted by molar-refractivity contribution is 7.71. The van der Waals surface area contributed by atoms with Crippen LogP contribution < -0.4 is 4.74 Å². The van der Waals surface area contributed by atoms with Crippen molar-refractivity contribution in [2.24, 2.45) is 5.10 Å². The Kier molecular flexibility index (Phi) is 5.51. The van der Waals surface area contributed by atoms with Gasteiger partial charge in [0.25, 0.3) is 0 Å². The van der Waals surface area contributed by atoms with Crippen molar-refractivity contribution in [3.63, 3.8) is 0 Å². The zero-order chi connectivity index (χ0) is 20.3. The maximum atomic E-state index is 9.86. The molecule has 1 heterocycles. The van der Waals surface area contributed by atoms with E-state index in [0.29, 0.717) is 21.9 Å². The Hall–Kier alpha value is -3.13. The molecule has 2 aromatic carbocycles.